The third-order valence-electron chi connectivity index (χ3n) is 2.74. The molecule has 0 heterocycles. The number of hydrogen-bond acceptors (Lipinski definition) is 3. The first-order valence-electron chi connectivity index (χ1n) is 6.83. The molecule has 104 valence electrons. The van der Waals surface area contributed by atoms with Gasteiger partial charge in [-0.05, 0) is 39.5 Å². The van der Waals surface area contributed by atoms with E-state index in [1.807, 2.05) is 20.8 Å². The van der Waals surface area contributed by atoms with Gasteiger partial charge in [-0.15, -0.1) is 0 Å². The predicted octanol–water partition coefficient (Wildman–Crippen LogP) is 3.34. The molecule has 18 heavy (non-hydrogen) atoms. The van der Waals surface area contributed by atoms with Crippen molar-refractivity contribution in [2.45, 2.75) is 59.2 Å². The van der Waals surface area contributed by atoms with Gasteiger partial charge in [0.25, 0.3) is 0 Å². The molecule has 0 N–H and O–H groups in total. The van der Waals surface area contributed by atoms with E-state index in [9.17, 15) is 4.79 Å². The summed E-state index contributed by atoms with van der Waals surface area (Å²) in [4.78, 5) is 11.5. The molecule has 1 atom stereocenters. The van der Waals surface area contributed by atoms with Crippen LogP contribution in [0.2, 0.25) is 0 Å². The van der Waals surface area contributed by atoms with Gasteiger partial charge in [0.15, 0.2) is 0 Å². The van der Waals surface area contributed by atoms with Gasteiger partial charge in [0.2, 0.25) is 0 Å². The van der Waals surface area contributed by atoms with E-state index in [-0.39, 0.29) is 18.0 Å². The van der Waals surface area contributed by atoms with Gasteiger partial charge >= 0.3 is 5.97 Å². The first-order valence-corrected chi connectivity index (χ1v) is 6.83. The maximum Gasteiger partial charge on any atom is 0.309 e. The Morgan fingerprint density at radius 2 is 1.89 bits per heavy atom. The van der Waals surface area contributed by atoms with Gasteiger partial charge in [0, 0.05) is 0 Å². The van der Waals surface area contributed by atoms with Crippen molar-refractivity contribution < 1.29 is 14.3 Å². The molecule has 3 heteroatoms. The summed E-state index contributed by atoms with van der Waals surface area (Å²) in [6.45, 7) is 10.5. The second-order valence-corrected chi connectivity index (χ2v) is 6.09. The van der Waals surface area contributed by atoms with Crippen molar-refractivity contribution in [2.75, 3.05) is 6.61 Å². The van der Waals surface area contributed by atoms with Crippen molar-refractivity contribution in [3.05, 3.63) is 12.2 Å². The van der Waals surface area contributed by atoms with E-state index in [0.29, 0.717) is 12.5 Å². The minimum absolute atomic E-state index is 0.0297. The number of allylic oxidation sites excluding steroid dienone is 1. The molecule has 1 rings (SSSR count). The number of carbonyl (C=O) groups is 1. The van der Waals surface area contributed by atoms with Gasteiger partial charge < -0.3 is 9.47 Å². The van der Waals surface area contributed by atoms with Crippen LogP contribution >= 0.6 is 0 Å². The SMILES string of the molecule is CC(C)/C=C/C(C)OC(C)(C)COC(=O)C1CC1. The Labute approximate surface area is 111 Å². The molecule has 1 unspecified atom stereocenters. The maximum absolute atomic E-state index is 11.5. The number of carbonyl (C=O) groups excluding carboxylic acids is 1. The highest BCUT2D eigenvalue weighted by molar-refractivity contribution is 5.74. The number of esters is 1. The molecule has 3 nitrogen and oxygen atoms in total. The average Bonchev–Trinajstić information content (AvgIpc) is 3.06. The van der Waals surface area contributed by atoms with E-state index in [4.69, 9.17) is 9.47 Å². The molecular weight excluding hydrogens is 228 g/mol. The molecule has 1 aliphatic carbocycles. The summed E-state index contributed by atoms with van der Waals surface area (Å²) in [6.07, 6.45) is 6.16. The van der Waals surface area contributed by atoms with Gasteiger partial charge in [0.1, 0.15) is 6.61 Å². The van der Waals surface area contributed by atoms with Crippen LogP contribution < -0.4 is 0 Å². The zero-order valence-corrected chi connectivity index (χ0v) is 12.2. The highest BCUT2D eigenvalue weighted by Gasteiger charge is 2.33. The van der Waals surface area contributed by atoms with E-state index in [1.54, 1.807) is 0 Å². The fraction of sp³-hybridized carbons (Fsp3) is 0.800. The maximum atomic E-state index is 11.5. The lowest BCUT2D eigenvalue weighted by molar-refractivity contribution is -0.156. The summed E-state index contributed by atoms with van der Waals surface area (Å²) < 4.78 is 11.1. The number of rotatable bonds is 7. The molecule has 0 amide bonds. The smallest absolute Gasteiger partial charge is 0.309 e. The monoisotopic (exact) mass is 254 g/mol. The predicted molar refractivity (Wildman–Crippen MR) is 72.3 cm³/mol. The first-order chi connectivity index (χ1) is 8.30. The van der Waals surface area contributed by atoms with E-state index in [1.165, 1.54) is 0 Å². The molecule has 0 spiro atoms. The normalized spacial score (nSPS) is 18.3. The molecule has 1 saturated carbocycles. The third-order valence-corrected chi connectivity index (χ3v) is 2.74. The van der Waals surface area contributed by atoms with Crippen molar-refractivity contribution in [3.8, 4) is 0 Å². The largest absolute Gasteiger partial charge is 0.462 e. The Bertz CT molecular complexity index is 301. The van der Waals surface area contributed by atoms with Gasteiger partial charge in [-0.25, -0.2) is 0 Å². The van der Waals surface area contributed by atoms with E-state index < -0.39 is 5.60 Å². The van der Waals surface area contributed by atoms with Crippen LogP contribution in [-0.4, -0.2) is 24.3 Å². The fourth-order valence-electron chi connectivity index (χ4n) is 1.64. The molecule has 0 saturated heterocycles. The van der Waals surface area contributed by atoms with Gasteiger partial charge in [-0.2, -0.15) is 0 Å². The lowest BCUT2D eigenvalue weighted by atomic mass is 10.1. The Balaban J connectivity index is 2.30. The van der Waals surface area contributed by atoms with Crippen LogP contribution in [0.1, 0.15) is 47.5 Å². The Morgan fingerprint density at radius 1 is 1.28 bits per heavy atom. The molecular formula is C15H26O3. The van der Waals surface area contributed by atoms with Crippen LogP contribution in [0, 0.1) is 11.8 Å². The quantitative estimate of drug-likeness (QED) is 0.516. The van der Waals surface area contributed by atoms with Crippen molar-refractivity contribution in [3.63, 3.8) is 0 Å². The van der Waals surface area contributed by atoms with Gasteiger partial charge in [0.05, 0.1) is 17.6 Å². The second-order valence-electron chi connectivity index (χ2n) is 6.09. The molecule has 0 aromatic heterocycles. The van der Waals surface area contributed by atoms with Crippen LogP contribution in [0.25, 0.3) is 0 Å². The van der Waals surface area contributed by atoms with E-state index >= 15 is 0 Å². The van der Waals surface area contributed by atoms with Crippen molar-refractivity contribution in [2.24, 2.45) is 11.8 Å². The van der Waals surface area contributed by atoms with Crippen LogP contribution in [0.3, 0.4) is 0 Å². The average molecular weight is 254 g/mol. The standard InChI is InChI=1S/C15H26O3/c1-11(2)6-7-12(3)18-15(4,5)10-17-14(16)13-8-9-13/h6-7,11-13H,8-10H2,1-5H3/b7-6+. The second kappa shape index (κ2) is 6.37. The Morgan fingerprint density at radius 3 is 2.39 bits per heavy atom. The highest BCUT2D eigenvalue weighted by Crippen LogP contribution is 2.30. The summed E-state index contributed by atoms with van der Waals surface area (Å²) in [5, 5.41) is 0. The first kappa shape index (κ1) is 15.2. The lowest BCUT2D eigenvalue weighted by Gasteiger charge is -2.27. The zero-order chi connectivity index (χ0) is 13.8. The van der Waals surface area contributed by atoms with E-state index in [0.717, 1.165) is 12.8 Å². The minimum atomic E-state index is -0.439. The topological polar surface area (TPSA) is 35.5 Å². The van der Waals surface area contributed by atoms with Crippen molar-refractivity contribution >= 4 is 5.97 Å². The van der Waals surface area contributed by atoms with Gasteiger partial charge in [-0.1, -0.05) is 26.0 Å². The molecule has 1 aliphatic rings. The molecule has 0 aromatic rings. The summed E-state index contributed by atoms with van der Waals surface area (Å²) in [6, 6.07) is 0. The van der Waals surface area contributed by atoms with E-state index in [2.05, 4.69) is 26.0 Å². The third kappa shape index (κ3) is 6.20. The van der Waals surface area contributed by atoms with Crippen LogP contribution in [0.15, 0.2) is 12.2 Å². The summed E-state index contributed by atoms with van der Waals surface area (Å²) in [7, 11) is 0. The summed E-state index contributed by atoms with van der Waals surface area (Å²) in [5.41, 5.74) is -0.439. The van der Waals surface area contributed by atoms with Crippen molar-refractivity contribution in [1.29, 1.82) is 0 Å². The molecule has 1 fully saturated rings. The molecule has 0 aliphatic heterocycles. The van der Waals surface area contributed by atoms with Crippen LogP contribution in [0.4, 0.5) is 0 Å². The Kier molecular flexibility index (Phi) is 5.39. The zero-order valence-electron chi connectivity index (χ0n) is 12.2. The fourth-order valence-corrected chi connectivity index (χ4v) is 1.64. The molecule has 0 aromatic carbocycles. The molecule has 0 radical (unpaired) electrons. The molecule has 0 bridgehead atoms. The van der Waals surface area contributed by atoms with Crippen molar-refractivity contribution in [1.82, 2.24) is 0 Å². The van der Waals surface area contributed by atoms with Gasteiger partial charge in [-0.3, -0.25) is 4.79 Å². The lowest BCUT2D eigenvalue weighted by Crippen LogP contribution is -2.35. The highest BCUT2D eigenvalue weighted by atomic mass is 16.6. The Hall–Kier alpha value is -0.830. The number of ether oxygens (including phenoxy) is 2. The summed E-state index contributed by atoms with van der Waals surface area (Å²) >= 11 is 0. The van der Waals surface area contributed by atoms with Crippen LogP contribution in [-0.2, 0) is 14.3 Å². The minimum Gasteiger partial charge on any atom is -0.462 e. The number of hydrogen-bond donors (Lipinski definition) is 0. The summed E-state index contributed by atoms with van der Waals surface area (Å²) in [5.74, 6) is 0.600. The van der Waals surface area contributed by atoms with Crippen LogP contribution in [0.5, 0.6) is 0 Å².